The summed E-state index contributed by atoms with van der Waals surface area (Å²) in [4.78, 5) is 11.2. The van der Waals surface area contributed by atoms with Crippen molar-refractivity contribution >= 4 is 5.91 Å². The van der Waals surface area contributed by atoms with Crippen molar-refractivity contribution in [2.24, 2.45) is 0 Å². The van der Waals surface area contributed by atoms with Crippen LogP contribution in [0.15, 0.2) is 30.3 Å². The van der Waals surface area contributed by atoms with Crippen LogP contribution in [0.25, 0.3) is 0 Å². The standard InChI is InChI=1S/C13H17N3O/c1-2-16-13(17)10-15-9-12(8-14)11-6-4-3-5-7-11/h3-7,12,15H,2,9-10H2,1H3,(H,16,17). The predicted octanol–water partition coefficient (Wildman–Crippen LogP) is 1.02. The third-order valence-electron chi connectivity index (χ3n) is 2.37. The average molecular weight is 231 g/mol. The maximum Gasteiger partial charge on any atom is 0.233 e. The number of rotatable bonds is 6. The Balaban J connectivity index is 2.39. The number of nitrogens with zero attached hydrogens (tertiary/aromatic N) is 1. The van der Waals surface area contributed by atoms with Crippen molar-refractivity contribution in [2.45, 2.75) is 12.8 Å². The maximum atomic E-state index is 11.2. The Hall–Kier alpha value is -1.86. The van der Waals surface area contributed by atoms with Gasteiger partial charge in [0.2, 0.25) is 5.91 Å². The molecule has 4 heteroatoms. The van der Waals surface area contributed by atoms with Crippen molar-refractivity contribution in [2.75, 3.05) is 19.6 Å². The van der Waals surface area contributed by atoms with Crippen molar-refractivity contribution in [1.82, 2.24) is 10.6 Å². The van der Waals surface area contributed by atoms with Crippen molar-refractivity contribution in [3.8, 4) is 6.07 Å². The molecule has 0 aliphatic carbocycles. The predicted molar refractivity (Wildman–Crippen MR) is 66.3 cm³/mol. The van der Waals surface area contributed by atoms with Crippen LogP contribution in [-0.4, -0.2) is 25.5 Å². The average Bonchev–Trinajstić information content (AvgIpc) is 2.36. The highest BCUT2D eigenvalue weighted by atomic mass is 16.1. The van der Waals surface area contributed by atoms with Crippen LogP contribution < -0.4 is 10.6 Å². The van der Waals surface area contributed by atoms with E-state index >= 15 is 0 Å². The SMILES string of the molecule is CCNC(=O)CNCC(C#N)c1ccccc1. The molecule has 0 bridgehead atoms. The van der Waals surface area contributed by atoms with Crippen LogP contribution in [0.4, 0.5) is 0 Å². The second kappa shape index (κ2) is 7.42. The Bertz CT molecular complexity index is 383. The fourth-order valence-electron chi connectivity index (χ4n) is 1.51. The van der Waals surface area contributed by atoms with Gasteiger partial charge in [0.15, 0.2) is 0 Å². The van der Waals surface area contributed by atoms with Crippen LogP contribution in [0, 0.1) is 11.3 Å². The fraction of sp³-hybridized carbons (Fsp3) is 0.385. The van der Waals surface area contributed by atoms with Crippen molar-refractivity contribution in [1.29, 1.82) is 5.26 Å². The summed E-state index contributed by atoms with van der Waals surface area (Å²) < 4.78 is 0. The first-order chi connectivity index (χ1) is 8.27. The Labute approximate surface area is 102 Å². The van der Waals surface area contributed by atoms with Crippen LogP contribution in [0.1, 0.15) is 18.4 Å². The van der Waals surface area contributed by atoms with Gasteiger partial charge in [-0.2, -0.15) is 5.26 Å². The zero-order chi connectivity index (χ0) is 12.5. The molecule has 0 spiro atoms. The minimum atomic E-state index is -0.217. The molecule has 2 N–H and O–H groups in total. The first-order valence-electron chi connectivity index (χ1n) is 5.70. The largest absolute Gasteiger partial charge is 0.355 e. The highest BCUT2D eigenvalue weighted by Crippen LogP contribution is 2.12. The number of carbonyl (C=O) groups is 1. The zero-order valence-electron chi connectivity index (χ0n) is 9.94. The van der Waals surface area contributed by atoms with Crippen LogP contribution in [0.3, 0.4) is 0 Å². The Morgan fingerprint density at radius 1 is 1.41 bits per heavy atom. The van der Waals surface area contributed by atoms with E-state index in [0.717, 1.165) is 5.56 Å². The molecule has 1 rings (SSSR count). The third kappa shape index (κ3) is 4.66. The first kappa shape index (κ1) is 13.2. The number of nitriles is 1. The number of hydrogen-bond acceptors (Lipinski definition) is 3. The summed E-state index contributed by atoms with van der Waals surface area (Å²) in [6, 6.07) is 11.8. The molecule has 0 heterocycles. The molecule has 17 heavy (non-hydrogen) atoms. The van der Waals surface area contributed by atoms with Crippen LogP contribution in [0.2, 0.25) is 0 Å². The summed E-state index contributed by atoms with van der Waals surface area (Å²) in [6.07, 6.45) is 0. The first-order valence-corrected chi connectivity index (χ1v) is 5.70. The van der Waals surface area contributed by atoms with E-state index in [9.17, 15) is 4.79 Å². The van der Waals surface area contributed by atoms with E-state index in [4.69, 9.17) is 5.26 Å². The highest BCUT2D eigenvalue weighted by Gasteiger charge is 2.09. The second-order valence-corrected chi connectivity index (χ2v) is 3.68. The van der Waals surface area contributed by atoms with Gasteiger partial charge in [0.05, 0.1) is 18.5 Å². The van der Waals surface area contributed by atoms with E-state index in [1.54, 1.807) is 0 Å². The quantitative estimate of drug-likeness (QED) is 0.768. The van der Waals surface area contributed by atoms with Gasteiger partial charge in [0.25, 0.3) is 0 Å². The molecule has 1 aromatic rings. The summed E-state index contributed by atoms with van der Waals surface area (Å²) in [5.74, 6) is -0.261. The lowest BCUT2D eigenvalue weighted by atomic mass is 10.0. The highest BCUT2D eigenvalue weighted by molar-refractivity contribution is 5.77. The molecule has 0 saturated carbocycles. The van der Waals surface area contributed by atoms with E-state index in [1.165, 1.54) is 0 Å². The lowest BCUT2D eigenvalue weighted by Crippen LogP contribution is -2.35. The molecule has 1 atom stereocenters. The molecule has 0 saturated heterocycles. The molecule has 1 amide bonds. The number of carbonyl (C=O) groups excluding carboxylic acids is 1. The molecule has 0 aliphatic rings. The van der Waals surface area contributed by atoms with Gasteiger partial charge in [0, 0.05) is 13.1 Å². The van der Waals surface area contributed by atoms with E-state index < -0.39 is 0 Å². The molecule has 0 fully saturated rings. The van der Waals surface area contributed by atoms with E-state index in [0.29, 0.717) is 13.1 Å². The lowest BCUT2D eigenvalue weighted by Gasteiger charge is -2.10. The van der Waals surface area contributed by atoms with Gasteiger partial charge >= 0.3 is 0 Å². The summed E-state index contributed by atoms with van der Waals surface area (Å²) in [7, 11) is 0. The summed E-state index contributed by atoms with van der Waals surface area (Å²) in [5.41, 5.74) is 0.971. The normalized spacial score (nSPS) is 11.5. The van der Waals surface area contributed by atoms with Crippen molar-refractivity contribution < 1.29 is 4.79 Å². The second-order valence-electron chi connectivity index (χ2n) is 3.68. The van der Waals surface area contributed by atoms with Crippen LogP contribution in [-0.2, 0) is 4.79 Å². The summed E-state index contributed by atoms with van der Waals surface area (Å²) in [5, 5.41) is 14.7. The molecule has 1 aromatic carbocycles. The number of hydrogen-bond donors (Lipinski definition) is 2. The molecular formula is C13H17N3O. The Morgan fingerprint density at radius 2 is 2.12 bits per heavy atom. The monoisotopic (exact) mass is 231 g/mol. The van der Waals surface area contributed by atoms with Crippen molar-refractivity contribution in [3.05, 3.63) is 35.9 Å². The minimum absolute atomic E-state index is 0.0442. The minimum Gasteiger partial charge on any atom is -0.355 e. The third-order valence-corrected chi connectivity index (χ3v) is 2.37. The van der Waals surface area contributed by atoms with Crippen molar-refractivity contribution in [3.63, 3.8) is 0 Å². The maximum absolute atomic E-state index is 11.2. The Morgan fingerprint density at radius 3 is 2.71 bits per heavy atom. The number of benzene rings is 1. The molecule has 90 valence electrons. The van der Waals surface area contributed by atoms with Gasteiger partial charge in [0.1, 0.15) is 0 Å². The molecule has 0 radical (unpaired) electrons. The van der Waals surface area contributed by atoms with E-state index in [1.807, 2.05) is 37.3 Å². The van der Waals surface area contributed by atoms with E-state index in [2.05, 4.69) is 16.7 Å². The van der Waals surface area contributed by atoms with Crippen LogP contribution in [0.5, 0.6) is 0 Å². The van der Waals surface area contributed by atoms with Gasteiger partial charge < -0.3 is 10.6 Å². The smallest absolute Gasteiger partial charge is 0.233 e. The number of amides is 1. The molecule has 0 aliphatic heterocycles. The van der Waals surface area contributed by atoms with Gasteiger partial charge in [-0.15, -0.1) is 0 Å². The zero-order valence-corrected chi connectivity index (χ0v) is 9.94. The fourth-order valence-corrected chi connectivity index (χ4v) is 1.51. The van der Waals surface area contributed by atoms with Gasteiger partial charge in [-0.3, -0.25) is 4.79 Å². The number of nitrogens with one attached hydrogen (secondary N) is 2. The lowest BCUT2D eigenvalue weighted by molar-refractivity contribution is -0.120. The number of likely N-dealkylation sites (N-methyl/N-ethyl adjacent to an activating group) is 1. The van der Waals surface area contributed by atoms with Gasteiger partial charge in [-0.25, -0.2) is 0 Å². The summed E-state index contributed by atoms with van der Waals surface area (Å²) >= 11 is 0. The molecule has 0 aromatic heterocycles. The molecule has 4 nitrogen and oxygen atoms in total. The molecule has 1 unspecified atom stereocenters. The Kier molecular flexibility index (Phi) is 5.76. The van der Waals surface area contributed by atoms with Gasteiger partial charge in [-0.05, 0) is 12.5 Å². The van der Waals surface area contributed by atoms with Crippen LogP contribution >= 0.6 is 0 Å². The summed E-state index contributed by atoms with van der Waals surface area (Å²) in [6.45, 7) is 3.23. The van der Waals surface area contributed by atoms with E-state index in [-0.39, 0.29) is 18.4 Å². The van der Waals surface area contributed by atoms with Gasteiger partial charge in [-0.1, -0.05) is 30.3 Å². The molecular weight excluding hydrogens is 214 g/mol. The topological polar surface area (TPSA) is 64.9 Å².